The highest BCUT2D eigenvalue weighted by Crippen LogP contribution is 2.26. The van der Waals surface area contributed by atoms with E-state index < -0.39 is 16.0 Å². The number of piperidine rings is 1. The monoisotopic (exact) mass is 483 g/mol. The summed E-state index contributed by atoms with van der Waals surface area (Å²) in [6, 6.07) is 11.5. The Morgan fingerprint density at radius 3 is 2.53 bits per heavy atom. The van der Waals surface area contributed by atoms with Gasteiger partial charge < -0.3 is 10.1 Å². The molecule has 1 saturated heterocycles. The third kappa shape index (κ3) is 5.00. The van der Waals surface area contributed by atoms with Crippen LogP contribution in [0.4, 0.5) is 0 Å². The van der Waals surface area contributed by atoms with Gasteiger partial charge in [-0.05, 0) is 42.7 Å². The van der Waals surface area contributed by atoms with Gasteiger partial charge in [-0.2, -0.15) is 9.40 Å². The molecule has 0 unspecified atom stereocenters. The van der Waals surface area contributed by atoms with Gasteiger partial charge in [-0.25, -0.2) is 22.9 Å². The Bertz CT molecular complexity index is 1250. The zero-order valence-electron chi connectivity index (χ0n) is 18.6. The lowest BCUT2D eigenvalue weighted by Gasteiger charge is -2.31. The first-order valence-electron chi connectivity index (χ1n) is 10.8. The van der Waals surface area contributed by atoms with Crippen LogP contribution in [0.5, 0.6) is 0 Å². The molecular formula is C23H25N5O5S. The molecule has 1 amide bonds. The van der Waals surface area contributed by atoms with Gasteiger partial charge in [0.15, 0.2) is 5.82 Å². The van der Waals surface area contributed by atoms with Gasteiger partial charge in [0, 0.05) is 44.1 Å². The third-order valence-corrected chi connectivity index (χ3v) is 7.71. The lowest BCUT2D eigenvalue weighted by molar-refractivity contribution is -0.126. The maximum absolute atomic E-state index is 13.1. The Hall–Kier alpha value is -3.57. The Morgan fingerprint density at radius 1 is 1.12 bits per heavy atom. The number of sulfonamides is 1. The zero-order valence-corrected chi connectivity index (χ0v) is 19.4. The van der Waals surface area contributed by atoms with Crippen LogP contribution in [-0.4, -0.2) is 59.6 Å². The average Bonchev–Trinajstić information content (AvgIpc) is 3.42. The molecule has 0 aliphatic carbocycles. The number of methoxy groups -OCH3 is 1. The summed E-state index contributed by atoms with van der Waals surface area (Å²) in [6.45, 7) is 0.711. The van der Waals surface area contributed by atoms with E-state index in [0.29, 0.717) is 25.2 Å². The van der Waals surface area contributed by atoms with Crippen molar-refractivity contribution >= 4 is 21.9 Å². The third-order valence-electron chi connectivity index (χ3n) is 5.75. The second kappa shape index (κ2) is 10.1. The fourth-order valence-corrected chi connectivity index (χ4v) is 5.51. The normalized spacial score (nSPS) is 15.1. The van der Waals surface area contributed by atoms with Crippen LogP contribution >= 0.6 is 0 Å². The van der Waals surface area contributed by atoms with Crippen molar-refractivity contribution in [2.45, 2.75) is 24.3 Å². The number of carbonyl (C=O) groups is 2. The number of nitrogens with zero attached hydrogens (tertiary/aromatic N) is 4. The van der Waals surface area contributed by atoms with Gasteiger partial charge >= 0.3 is 5.97 Å². The van der Waals surface area contributed by atoms with Crippen molar-refractivity contribution in [3.63, 3.8) is 0 Å². The number of esters is 1. The molecule has 2 aromatic heterocycles. The number of hydrogen-bond acceptors (Lipinski definition) is 7. The summed E-state index contributed by atoms with van der Waals surface area (Å²) in [5.41, 5.74) is 0.848. The highest BCUT2D eigenvalue weighted by atomic mass is 32.2. The van der Waals surface area contributed by atoms with E-state index in [2.05, 4.69) is 15.4 Å². The molecule has 11 heteroatoms. The Morgan fingerprint density at radius 2 is 1.88 bits per heavy atom. The zero-order chi connectivity index (χ0) is 24.1. The molecule has 0 radical (unpaired) electrons. The van der Waals surface area contributed by atoms with Gasteiger partial charge in [0.2, 0.25) is 15.9 Å². The Balaban J connectivity index is 1.33. The fraction of sp³-hybridized carbons (Fsp3) is 0.304. The second-order valence-corrected chi connectivity index (χ2v) is 9.77. The van der Waals surface area contributed by atoms with Crippen molar-refractivity contribution in [1.29, 1.82) is 0 Å². The van der Waals surface area contributed by atoms with E-state index in [1.54, 1.807) is 35.4 Å². The summed E-state index contributed by atoms with van der Waals surface area (Å²) in [5.74, 6) is -0.440. The summed E-state index contributed by atoms with van der Waals surface area (Å²) < 4.78 is 33.9. The molecule has 0 saturated carbocycles. The number of rotatable bonds is 7. The summed E-state index contributed by atoms with van der Waals surface area (Å²) >= 11 is 0. The van der Waals surface area contributed by atoms with E-state index in [1.165, 1.54) is 23.5 Å². The quantitative estimate of drug-likeness (QED) is 0.508. The molecule has 0 atom stereocenters. The minimum Gasteiger partial charge on any atom is -0.465 e. The highest BCUT2D eigenvalue weighted by Gasteiger charge is 2.34. The van der Waals surface area contributed by atoms with Crippen LogP contribution in [0.1, 0.15) is 28.8 Å². The van der Waals surface area contributed by atoms with Gasteiger partial charge in [-0.15, -0.1) is 0 Å². The van der Waals surface area contributed by atoms with E-state index in [1.807, 2.05) is 18.2 Å². The van der Waals surface area contributed by atoms with Crippen molar-refractivity contribution in [3.8, 4) is 5.82 Å². The van der Waals surface area contributed by atoms with Gasteiger partial charge in [0.05, 0.1) is 17.6 Å². The molecule has 3 aromatic rings. The highest BCUT2D eigenvalue weighted by molar-refractivity contribution is 7.89. The van der Waals surface area contributed by atoms with E-state index in [4.69, 9.17) is 4.74 Å². The van der Waals surface area contributed by atoms with Crippen LogP contribution in [0.25, 0.3) is 5.82 Å². The molecule has 1 aromatic carbocycles. The molecule has 4 rings (SSSR count). The molecule has 34 heavy (non-hydrogen) atoms. The average molecular weight is 484 g/mol. The molecule has 3 heterocycles. The largest absolute Gasteiger partial charge is 0.465 e. The number of carbonyl (C=O) groups excluding carboxylic acids is 2. The lowest BCUT2D eigenvalue weighted by atomic mass is 9.97. The molecule has 1 N–H and O–H groups in total. The van der Waals surface area contributed by atoms with Crippen molar-refractivity contribution < 1.29 is 22.7 Å². The minimum atomic E-state index is -3.89. The van der Waals surface area contributed by atoms with E-state index in [-0.39, 0.29) is 35.4 Å². The molecule has 10 nitrogen and oxygen atoms in total. The SMILES string of the molecule is COC(=O)c1ccccc1S(=O)(=O)N1CCC(C(=O)NCc2ccc(-n3cccn3)nc2)CC1. The molecule has 178 valence electrons. The van der Waals surface area contributed by atoms with Crippen LogP contribution in [-0.2, 0) is 26.1 Å². The van der Waals surface area contributed by atoms with Crippen molar-refractivity contribution in [3.05, 3.63) is 72.2 Å². The number of hydrogen-bond donors (Lipinski definition) is 1. The maximum atomic E-state index is 13.1. The van der Waals surface area contributed by atoms with Crippen LogP contribution in [0.15, 0.2) is 66.0 Å². The fourth-order valence-electron chi connectivity index (χ4n) is 3.86. The van der Waals surface area contributed by atoms with Crippen LogP contribution in [0.3, 0.4) is 0 Å². The Labute approximate surface area is 197 Å². The number of nitrogens with one attached hydrogen (secondary N) is 1. The van der Waals surface area contributed by atoms with Crippen LogP contribution in [0.2, 0.25) is 0 Å². The Kier molecular flexibility index (Phi) is 7.03. The number of pyridine rings is 1. The van der Waals surface area contributed by atoms with E-state index in [0.717, 1.165) is 5.56 Å². The van der Waals surface area contributed by atoms with E-state index in [9.17, 15) is 18.0 Å². The summed E-state index contributed by atoms with van der Waals surface area (Å²) in [7, 11) is -2.68. The molecule has 0 bridgehead atoms. The topological polar surface area (TPSA) is 123 Å². The van der Waals surface area contributed by atoms with Gasteiger partial charge in [0.1, 0.15) is 0 Å². The maximum Gasteiger partial charge on any atom is 0.339 e. The van der Waals surface area contributed by atoms with Gasteiger partial charge in [0.25, 0.3) is 0 Å². The smallest absolute Gasteiger partial charge is 0.339 e. The number of aromatic nitrogens is 3. The molecular weight excluding hydrogens is 458 g/mol. The van der Waals surface area contributed by atoms with Crippen LogP contribution < -0.4 is 5.32 Å². The first kappa shape index (κ1) is 23.6. The summed E-state index contributed by atoms with van der Waals surface area (Å²) in [4.78, 5) is 28.9. The summed E-state index contributed by atoms with van der Waals surface area (Å²) in [6.07, 6.45) is 5.93. The van der Waals surface area contributed by atoms with Gasteiger partial charge in [-0.3, -0.25) is 4.79 Å². The molecule has 0 spiro atoms. The molecule has 1 aliphatic rings. The minimum absolute atomic E-state index is 0.00273. The van der Waals surface area contributed by atoms with Crippen molar-refractivity contribution in [1.82, 2.24) is 24.4 Å². The number of amides is 1. The van der Waals surface area contributed by atoms with Gasteiger partial charge in [-0.1, -0.05) is 18.2 Å². The van der Waals surface area contributed by atoms with Crippen molar-refractivity contribution in [2.75, 3.05) is 20.2 Å². The first-order valence-corrected chi connectivity index (χ1v) is 12.2. The predicted molar refractivity (Wildman–Crippen MR) is 122 cm³/mol. The second-order valence-electron chi connectivity index (χ2n) is 7.86. The summed E-state index contributed by atoms with van der Waals surface area (Å²) in [5, 5.41) is 7.04. The number of ether oxygens (including phenoxy) is 1. The van der Waals surface area contributed by atoms with E-state index >= 15 is 0 Å². The first-order chi connectivity index (χ1) is 16.4. The number of benzene rings is 1. The van der Waals surface area contributed by atoms with Crippen molar-refractivity contribution in [2.24, 2.45) is 5.92 Å². The molecule has 1 fully saturated rings. The lowest BCUT2D eigenvalue weighted by Crippen LogP contribution is -2.43. The molecule has 1 aliphatic heterocycles. The predicted octanol–water partition coefficient (Wildman–Crippen LogP) is 1.77. The van der Waals surface area contributed by atoms with Crippen LogP contribution in [0, 0.1) is 5.92 Å². The standard InChI is InChI=1S/C23H25N5O5S/c1-33-23(30)19-5-2-3-6-20(19)34(31,32)27-13-9-18(10-14-27)22(29)25-16-17-7-8-21(24-15-17)28-12-4-11-26-28/h2-8,11-12,15,18H,9-10,13-14,16H2,1H3,(H,25,29).